The number of benzene rings is 2. The molecular weight excluding hydrogens is 290 g/mol. The highest BCUT2D eigenvalue weighted by Crippen LogP contribution is 2.26. The molecule has 1 heterocycles. The lowest BCUT2D eigenvalue weighted by molar-refractivity contribution is -0.139. The summed E-state index contributed by atoms with van der Waals surface area (Å²) in [6.45, 7) is 1.44. The molecule has 0 saturated carbocycles. The van der Waals surface area contributed by atoms with Crippen LogP contribution in [0.1, 0.15) is 29.2 Å². The molecule has 1 atom stereocenters. The third kappa shape index (κ3) is 3.90. The minimum absolute atomic E-state index is 0.648. The fourth-order valence-corrected chi connectivity index (χ4v) is 2.93. The van der Waals surface area contributed by atoms with E-state index in [1.165, 1.54) is 11.1 Å². The summed E-state index contributed by atoms with van der Waals surface area (Å²) in [4.78, 5) is 11.4. The largest absolute Gasteiger partial charge is 0.493 e. The molecule has 0 aliphatic carbocycles. The van der Waals surface area contributed by atoms with E-state index < -0.39 is 12.0 Å². The highest BCUT2D eigenvalue weighted by molar-refractivity contribution is 5.75. The Labute approximate surface area is 136 Å². The second kappa shape index (κ2) is 7.29. The van der Waals surface area contributed by atoms with Crippen molar-refractivity contribution < 1.29 is 14.6 Å². The van der Waals surface area contributed by atoms with Gasteiger partial charge in [0.2, 0.25) is 0 Å². The number of nitrogens with one attached hydrogen (secondary N) is 1. The van der Waals surface area contributed by atoms with Gasteiger partial charge in [0.05, 0.1) is 6.61 Å². The second-order valence-electron chi connectivity index (χ2n) is 5.78. The summed E-state index contributed by atoms with van der Waals surface area (Å²) in [6.07, 6.45) is 2.81. The van der Waals surface area contributed by atoms with E-state index >= 15 is 0 Å². The van der Waals surface area contributed by atoms with Gasteiger partial charge in [-0.05, 0) is 42.1 Å². The van der Waals surface area contributed by atoms with Crippen molar-refractivity contribution in [3.05, 3.63) is 65.2 Å². The molecule has 4 heteroatoms. The number of carbonyl (C=O) groups is 1. The Bertz CT molecular complexity index is 670. The predicted octanol–water partition coefficient (Wildman–Crippen LogP) is 2.97. The van der Waals surface area contributed by atoms with Crippen LogP contribution in [0.3, 0.4) is 0 Å². The van der Waals surface area contributed by atoms with Crippen LogP contribution in [0.25, 0.3) is 0 Å². The SMILES string of the molecule is O=C(O)[C@@H](NCCCc1ccc2c(c1)CCO2)c1ccccc1. The number of ether oxygens (including phenoxy) is 1. The Morgan fingerprint density at radius 2 is 2.04 bits per heavy atom. The molecule has 120 valence electrons. The molecule has 4 nitrogen and oxygen atoms in total. The number of aliphatic carboxylic acids is 1. The van der Waals surface area contributed by atoms with E-state index in [2.05, 4.69) is 17.4 Å². The molecule has 0 radical (unpaired) electrons. The van der Waals surface area contributed by atoms with Gasteiger partial charge in [0, 0.05) is 6.42 Å². The van der Waals surface area contributed by atoms with Crippen molar-refractivity contribution in [3.63, 3.8) is 0 Å². The lowest BCUT2D eigenvalue weighted by Gasteiger charge is -2.14. The highest BCUT2D eigenvalue weighted by atomic mass is 16.5. The number of hydrogen-bond donors (Lipinski definition) is 2. The maximum absolute atomic E-state index is 11.4. The van der Waals surface area contributed by atoms with Crippen LogP contribution in [-0.2, 0) is 17.6 Å². The van der Waals surface area contributed by atoms with E-state index in [1.54, 1.807) is 0 Å². The van der Waals surface area contributed by atoms with Crippen molar-refractivity contribution in [3.8, 4) is 5.75 Å². The molecule has 0 fully saturated rings. The number of carboxylic acids is 1. The smallest absolute Gasteiger partial charge is 0.325 e. The zero-order valence-corrected chi connectivity index (χ0v) is 13.0. The summed E-state index contributed by atoms with van der Waals surface area (Å²) < 4.78 is 5.51. The first-order valence-corrected chi connectivity index (χ1v) is 8.00. The van der Waals surface area contributed by atoms with Crippen LogP contribution in [-0.4, -0.2) is 24.2 Å². The number of carboxylic acid groups (broad SMARTS) is 1. The average molecular weight is 311 g/mol. The molecule has 1 aliphatic heterocycles. The zero-order valence-electron chi connectivity index (χ0n) is 13.0. The summed E-state index contributed by atoms with van der Waals surface area (Å²) in [5.74, 6) is 0.160. The average Bonchev–Trinajstić information content (AvgIpc) is 3.03. The van der Waals surface area contributed by atoms with E-state index in [4.69, 9.17) is 4.74 Å². The molecule has 23 heavy (non-hydrogen) atoms. The van der Waals surface area contributed by atoms with E-state index in [-0.39, 0.29) is 0 Å². The third-order valence-corrected chi connectivity index (χ3v) is 4.12. The van der Waals surface area contributed by atoms with E-state index in [1.807, 2.05) is 36.4 Å². The molecule has 2 aromatic carbocycles. The Hall–Kier alpha value is -2.33. The van der Waals surface area contributed by atoms with Gasteiger partial charge in [0.25, 0.3) is 0 Å². The van der Waals surface area contributed by atoms with E-state index in [0.717, 1.165) is 37.2 Å². The Morgan fingerprint density at radius 1 is 1.22 bits per heavy atom. The van der Waals surface area contributed by atoms with Crippen LogP contribution in [0.2, 0.25) is 0 Å². The van der Waals surface area contributed by atoms with Gasteiger partial charge < -0.3 is 15.2 Å². The molecule has 0 amide bonds. The van der Waals surface area contributed by atoms with Gasteiger partial charge in [-0.25, -0.2) is 0 Å². The monoisotopic (exact) mass is 311 g/mol. The van der Waals surface area contributed by atoms with Gasteiger partial charge in [-0.15, -0.1) is 0 Å². The Balaban J connectivity index is 1.51. The Morgan fingerprint density at radius 3 is 2.83 bits per heavy atom. The van der Waals surface area contributed by atoms with Crippen LogP contribution in [0.5, 0.6) is 5.75 Å². The number of hydrogen-bond acceptors (Lipinski definition) is 3. The van der Waals surface area contributed by atoms with Crippen molar-refractivity contribution in [1.82, 2.24) is 5.32 Å². The molecular formula is C19H21NO3. The van der Waals surface area contributed by atoms with Gasteiger partial charge in [-0.1, -0.05) is 42.5 Å². The van der Waals surface area contributed by atoms with Crippen molar-refractivity contribution in [2.24, 2.45) is 0 Å². The van der Waals surface area contributed by atoms with Crippen LogP contribution in [0.15, 0.2) is 48.5 Å². The quantitative estimate of drug-likeness (QED) is 0.772. The predicted molar refractivity (Wildman–Crippen MR) is 88.8 cm³/mol. The second-order valence-corrected chi connectivity index (χ2v) is 5.78. The topological polar surface area (TPSA) is 58.6 Å². The normalized spacial score (nSPS) is 14.1. The summed E-state index contributed by atoms with van der Waals surface area (Å²) in [5.41, 5.74) is 3.35. The van der Waals surface area contributed by atoms with Gasteiger partial charge in [-0.2, -0.15) is 0 Å². The minimum atomic E-state index is -0.842. The van der Waals surface area contributed by atoms with Crippen molar-refractivity contribution in [1.29, 1.82) is 0 Å². The minimum Gasteiger partial charge on any atom is -0.493 e. The first kappa shape index (κ1) is 15.6. The standard InChI is InChI=1S/C19H21NO3/c21-19(22)18(15-6-2-1-3-7-15)20-11-4-5-14-8-9-17-16(13-14)10-12-23-17/h1-3,6-9,13,18,20H,4-5,10-12H2,(H,21,22)/t18-/m0/s1. The first-order chi connectivity index (χ1) is 11.2. The van der Waals surface area contributed by atoms with E-state index in [9.17, 15) is 9.90 Å². The van der Waals surface area contributed by atoms with Crippen molar-refractivity contribution in [2.45, 2.75) is 25.3 Å². The molecule has 2 aromatic rings. The number of rotatable bonds is 7. The fourth-order valence-electron chi connectivity index (χ4n) is 2.93. The molecule has 0 saturated heterocycles. The van der Waals surface area contributed by atoms with Crippen molar-refractivity contribution >= 4 is 5.97 Å². The van der Waals surface area contributed by atoms with Gasteiger partial charge in [0.15, 0.2) is 0 Å². The number of aryl methyl sites for hydroxylation is 1. The molecule has 0 bridgehead atoms. The van der Waals surface area contributed by atoms with E-state index in [0.29, 0.717) is 6.54 Å². The first-order valence-electron chi connectivity index (χ1n) is 8.00. The molecule has 0 spiro atoms. The van der Waals surface area contributed by atoms with Gasteiger partial charge in [-0.3, -0.25) is 4.79 Å². The van der Waals surface area contributed by atoms with Crippen LogP contribution in [0, 0.1) is 0 Å². The maximum atomic E-state index is 11.4. The highest BCUT2D eigenvalue weighted by Gasteiger charge is 2.18. The summed E-state index contributed by atoms with van der Waals surface area (Å²) in [5, 5.41) is 12.5. The molecule has 0 unspecified atom stereocenters. The molecule has 0 aromatic heterocycles. The maximum Gasteiger partial charge on any atom is 0.325 e. The van der Waals surface area contributed by atoms with Gasteiger partial charge in [0.1, 0.15) is 11.8 Å². The Kier molecular flexibility index (Phi) is 4.93. The fraction of sp³-hybridized carbons (Fsp3) is 0.316. The lowest BCUT2D eigenvalue weighted by atomic mass is 10.0. The van der Waals surface area contributed by atoms with Crippen molar-refractivity contribution in [2.75, 3.05) is 13.2 Å². The zero-order chi connectivity index (χ0) is 16.1. The summed E-state index contributed by atoms with van der Waals surface area (Å²) in [6, 6.07) is 15.0. The van der Waals surface area contributed by atoms with Gasteiger partial charge >= 0.3 is 5.97 Å². The number of fused-ring (bicyclic) bond motifs is 1. The summed E-state index contributed by atoms with van der Waals surface area (Å²) in [7, 11) is 0. The van der Waals surface area contributed by atoms with Crippen LogP contribution >= 0.6 is 0 Å². The molecule has 1 aliphatic rings. The van der Waals surface area contributed by atoms with Crippen LogP contribution < -0.4 is 10.1 Å². The van der Waals surface area contributed by atoms with Crippen LogP contribution in [0.4, 0.5) is 0 Å². The summed E-state index contributed by atoms with van der Waals surface area (Å²) >= 11 is 0. The molecule has 2 N–H and O–H groups in total. The lowest BCUT2D eigenvalue weighted by Crippen LogP contribution is -2.29. The third-order valence-electron chi connectivity index (χ3n) is 4.12. The molecule has 3 rings (SSSR count).